The number of nitrogens with zero attached hydrogens (tertiary/aromatic N) is 1. The second kappa shape index (κ2) is 7.87. The second-order valence-electron chi connectivity index (χ2n) is 9.14. The average Bonchev–Trinajstić information content (AvgIpc) is 2.95. The summed E-state index contributed by atoms with van der Waals surface area (Å²) in [7, 11) is -2.03. The molecule has 0 bridgehead atoms. The zero-order valence-electron chi connectivity index (χ0n) is 17.7. The number of hydrogen-bond donors (Lipinski definition) is 1. The van der Waals surface area contributed by atoms with Gasteiger partial charge in [-0.25, -0.2) is 4.79 Å². The maximum atomic E-state index is 13.0. The second-order valence-corrected chi connectivity index (χ2v) is 15.6. The lowest BCUT2D eigenvalue weighted by atomic mass is 9.92. The van der Waals surface area contributed by atoms with Gasteiger partial charge in [0.05, 0.1) is 12.0 Å². The third-order valence-electron chi connectivity index (χ3n) is 6.14. The molecular formula is C21H28BrNO4SSi. The fraction of sp³-hybridized carbons (Fsp3) is 0.524. The van der Waals surface area contributed by atoms with Crippen LogP contribution in [0.5, 0.6) is 0 Å². The van der Waals surface area contributed by atoms with Crippen molar-refractivity contribution in [1.29, 1.82) is 0 Å². The number of hydrogen-bond acceptors (Lipinski definition) is 4. The van der Waals surface area contributed by atoms with Crippen LogP contribution in [0.3, 0.4) is 0 Å². The molecule has 1 fully saturated rings. The quantitative estimate of drug-likeness (QED) is 0.329. The molecule has 2 aliphatic heterocycles. The largest absolute Gasteiger partial charge is 0.477 e. The normalized spacial score (nSPS) is 23.1. The third kappa shape index (κ3) is 3.96. The van der Waals surface area contributed by atoms with Crippen molar-refractivity contribution < 1.29 is 19.1 Å². The smallest absolute Gasteiger partial charge is 0.353 e. The highest BCUT2D eigenvalue weighted by Crippen LogP contribution is 2.54. The van der Waals surface area contributed by atoms with Gasteiger partial charge in [-0.3, -0.25) is 9.69 Å². The Bertz CT molecular complexity index is 862. The summed E-state index contributed by atoms with van der Waals surface area (Å²) >= 11 is 4.89. The molecule has 3 atom stereocenters. The number of amides is 1. The first kappa shape index (κ1) is 22.6. The van der Waals surface area contributed by atoms with E-state index in [4.69, 9.17) is 4.43 Å². The molecule has 3 rings (SSSR count). The van der Waals surface area contributed by atoms with Crippen LogP contribution in [-0.4, -0.2) is 41.7 Å². The van der Waals surface area contributed by atoms with E-state index in [1.807, 2.05) is 31.2 Å². The van der Waals surface area contributed by atoms with Crippen molar-refractivity contribution >= 4 is 52.8 Å². The van der Waals surface area contributed by atoms with Crippen LogP contribution in [0.25, 0.3) is 4.91 Å². The van der Waals surface area contributed by atoms with Crippen LogP contribution in [0.2, 0.25) is 18.1 Å². The summed E-state index contributed by atoms with van der Waals surface area (Å²) in [6.45, 7) is 12.8. The molecule has 0 spiro atoms. The number of thioether (sulfide) groups is 1. The predicted octanol–water partition coefficient (Wildman–Crippen LogP) is 5.28. The molecule has 29 heavy (non-hydrogen) atoms. The highest BCUT2D eigenvalue weighted by Gasteiger charge is 2.59. The molecule has 1 N–H and O–H groups in total. The molecule has 1 saturated heterocycles. The minimum Gasteiger partial charge on any atom is -0.477 e. The SMILES string of the molecule is C[C@@H](O[Si](C)(C)C(C)(C)C)[C@H]1C(=O)N2C(C(=O)O)=C(c3ccc(CBr)cc3)S[C@H]12. The lowest BCUT2D eigenvalue weighted by molar-refractivity contribution is -0.156. The number of carboxylic acids is 1. The van der Waals surface area contributed by atoms with Gasteiger partial charge in [0.1, 0.15) is 11.1 Å². The van der Waals surface area contributed by atoms with Crippen LogP contribution in [0.15, 0.2) is 30.0 Å². The number of halogens is 1. The third-order valence-corrected chi connectivity index (χ3v) is 12.8. The first-order chi connectivity index (χ1) is 13.4. The van der Waals surface area contributed by atoms with Crippen molar-refractivity contribution in [3.8, 4) is 0 Å². The maximum absolute atomic E-state index is 13.0. The van der Waals surface area contributed by atoms with E-state index in [1.54, 1.807) is 0 Å². The molecule has 0 aromatic heterocycles. The Morgan fingerprint density at radius 2 is 1.90 bits per heavy atom. The summed E-state index contributed by atoms with van der Waals surface area (Å²) in [4.78, 5) is 27.0. The topological polar surface area (TPSA) is 66.8 Å². The summed E-state index contributed by atoms with van der Waals surface area (Å²) in [6.07, 6.45) is -0.248. The van der Waals surface area contributed by atoms with E-state index in [0.29, 0.717) is 4.91 Å². The van der Waals surface area contributed by atoms with Crippen molar-refractivity contribution in [3.63, 3.8) is 0 Å². The van der Waals surface area contributed by atoms with Gasteiger partial charge < -0.3 is 9.53 Å². The lowest BCUT2D eigenvalue weighted by Gasteiger charge is -2.48. The number of β-lactam (4-membered cyclic amide) rings is 1. The number of alkyl halides is 1. The average molecular weight is 499 g/mol. The molecule has 1 amide bonds. The zero-order chi connectivity index (χ0) is 21.7. The van der Waals surface area contributed by atoms with Crippen LogP contribution < -0.4 is 0 Å². The van der Waals surface area contributed by atoms with Gasteiger partial charge in [0.15, 0.2) is 8.32 Å². The van der Waals surface area contributed by atoms with E-state index >= 15 is 0 Å². The predicted molar refractivity (Wildman–Crippen MR) is 123 cm³/mol. The Hall–Kier alpha value is -1.09. The Balaban J connectivity index is 1.85. The number of carboxylic acid groups (broad SMARTS) is 1. The molecule has 0 radical (unpaired) electrons. The van der Waals surface area contributed by atoms with Crippen molar-refractivity contribution in [2.75, 3.05) is 0 Å². The van der Waals surface area contributed by atoms with E-state index in [0.717, 1.165) is 16.5 Å². The number of benzene rings is 1. The van der Waals surface area contributed by atoms with Gasteiger partial charge in [-0.2, -0.15) is 0 Å². The minimum atomic E-state index is -2.03. The van der Waals surface area contributed by atoms with Crippen LogP contribution >= 0.6 is 27.7 Å². The Kier molecular flexibility index (Phi) is 6.13. The van der Waals surface area contributed by atoms with Gasteiger partial charge in [0.25, 0.3) is 0 Å². The van der Waals surface area contributed by atoms with E-state index < -0.39 is 14.3 Å². The highest BCUT2D eigenvalue weighted by atomic mass is 79.9. The molecule has 0 unspecified atom stereocenters. The van der Waals surface area contributed by atoms with Gasteiger partial charge >= 0.3 is 5.97 Å². The molecule has 158 valence electrons. The monoisotopic (exact) mass is 497 g/mol. The van der Waals surface area contributed by atoms with Gasteiger partial charge in [-0.1, -0.05) is 72.7 Å². The fourth-order valence-corrected chi connectivity index (χ4v) is 6.85. The van der Waals surface area contributed by atoms with Crippen molar-refractivity contribution in [1.82, 2.24) is 4.90 Å². The van der Waals surface area contributed by atoms with E-state index in [1.165, 1.54) is 16.7 Å². The molecule has 1 aromatic carbocycles. The Morgan fingerprint density at radius 3 is 2.38 bits per heavy atom. The van der Waals surface area contributed by atoms with Gasteiger partial charge in [0.2, 0.25) is 5.91 Å². The molecule has 5 nitrogen and oxygen atoms in total. The highest BCUT2D eigenvalue weighted by molar-refractivity contribution is 9.08. The number of aliphatic carboxylic acids is 1. The van der Waals surface area contributed by atoms with E-state index in [9.17, 15) is 14.7 Å². The van der Waals surface area contributed by atoms with E-state index in [-0.39, 0.29) is 34.0 Å². The Morgan fingerprint density at radius 1 is 1.31 bits per heavy atom. The minimum absolute atomic E-state index is 0.0450. The molecule has 2 aliphatic rings. The number of rotatable bonds is 6. The number of fused-ring (bicyclic) bond motifs is 1. The fourth-order valence-electron chi connectivity index (χ4n) is 3.43. The van der Waals surface area contributed by atoms with E-state index in [2.05, 4.69) is 49.8 Å². The first-order valence-corrected chi connectivity index (χ1v) is 14.6. The van der Waals surface area contributed by atoms with Crippen LogP contribution in [0.4, 0.5) is 0 Å². The summed E-state index contributed by atoms with van der Waals surface area (Å²) in [5.41, 5.74) is 2.03. The molecular weight excluding hydrogens is 470 g/mol. The summed E-state index contributed by atoms with van der Waals surface area (Å²) in [6, 6.07) is 7.77. The van der Waals surface area contributed by atoms with Crippen molar-refractivity contribution in [3.05, 3.63) is 41.1 Å². The standard InChI is InChI=1S/C21H28BrNO4SSi/c1-12(27-29(5,6)21(2,3)4)15-18(24)23-16(20(25)26)17(28-19(15)23)14-9-7-13(11-22)8-10-14/h7-10,12,15,19H,11H2,1-6H3,(H,25,26)/t12-,15+,19-/m1/s1. The lowest BCUT2D eigenvalue weighted by Crippen LogP contribution is -2.62. The van der Waals surface area contributed by atoms with Crippen LogP contribution in [0, 0.1) is 5.92 Å². The molecule has 8 heteroatoms. The van der Waals surface area contributed by atoms with Crippen molar-refractivity contribution in [2.45, 2.75) is 62.6 Å². The van der Waals surface area contributed by atoms with Crippen molar-refractivity contribution in [2.24, 2.45) is 5.92 Å². The summed E-state index contributed by atoms with van der Waals surface area (Å²) < 4.78 is 6.46. The zero-order valence-corrected chi connectivity index (χ0v) is 21.1. The maximum Gasteiger partial charge on any atom is 0.353 e. The molecule has 0 aliphatic carbocycles. The number of carbonyl (C=O) groups is 2. The van der Waals surface area contributed by atoms with Gasteiger partial charge in [-0.15, -0.1) is 0 Å². The first-order valence-electron chi connectivity index (χ1n) is 9.69. The van der Waals surface area contributed by atoms with Crippen LogP contribution in [0.1, 0.15) is 38.8 Å². The van der Waals surface area contributed by atoms with Crippen LogP contribution in [-0.2, 0) is 19.3 Å². The van der Waals surface area contributed by atoms with Gasteiger partial charge in [-0.05, 0) is 36.2 Å². The summed E-state index contributed by atoms with van der Waals surface area (Å²) in [5.74, 6) is -1.55. The number of carbonyl (C=O) groups excluding carboxylic acids is 1. The molecule has 1 aromatic rings. The molecule has 2 heterocycles. The van der Waals surface area contributed by atoms with Gasteiger partial charge in [0, 0.05) is 10.2 Å². The Labute approximate surface area is 186 Å². The molecule has 0 saturated carbocycles. The summed E-state index contributed by atoms with van der Waals surface area (Å²) in [5, 5.41) is 10.4.